The summed E-state index contributed by atoms with van der Waals surface area (Å²) in [5.74, 6) is -13.0. The first-order chi connectivity index (χ1) is 10.2. The standard InChI is InChI=1S/C12H13F7O4/c1-7(2)8(20)22-3-4-23-9(21)11(15,16)5-10(13,14)6-12(17,18)19/h1,3-6H2,2H3. The molecule has 11 heteroatoms. The highest BCUT2D eigenvalue weighted by atomic mass is 19.4. The second-order valence-corrected chi connectivity index (χ2v) is 4.58. The Labute approximate surface area is 126 Å². The van der Waals surface area contributed by atoms with Crippen LogP contribution in [0.1, 0.15) is 19.8 Å². The average molecular weight is 354 g/mol. The normalized spacial score (nSPS) is 12.7. The summed E-state index contributed by atoms with van der Waals surface area (Å²) in [7, 11) is 0. The second-order valence-electron chi connectivity index (χ2n) is 4.58. The largest absolute Gasteiger partial charge is 0.459 e. The number of hydrogen-bond donors (Lipinski definition) is 0. The molecular weight excluding hydrogens is 341 g/mol. The molecule has 134 valence electrons. The van der Waals surface area contributed by atoms with Gasteiger partial charge in [-0.1, -0.05) is 6.58 Å². The fraction of sp³-hybridized carbons (Fsp3) is 0.667. The van der Waals surface area contributed by atoms with Crippen molar-refractivity contribution in [2.75, 3.05) is 13.2 Å². The molecule has 23 heavy (non-hydrogen) atoms. The van der Waals surface area contributed by atoms with Crippen molar-refractivity contribution in [1.82, 2.24) is 0 Å². The van der Waals surface area contributed by atoms with Crippen molar-refractivity contribution in [2.24, 2.45) is 0 Å². The zero-order chi connectivity index (χ0) is 18.5. The van der Waals surface area contributed by atoms with Crippen molar-refractivity contribution < 1.29 is 49.8 Å². The highest BCUT2D eigenvalue weighted by Crippen LogP contribution is 2.39. The van der Waals surface area contributed by atoms with Crippen LogP contribution in [-0.2, 0) is 19.1 Å². The Balaban J connectivity index is 4.44. The van der Waals surface area contributed by atoms with Crippen LogP contribution in [0.5, 0.6) is 0 Å². The van der Waals surface area contributed by atoms with Gasteiger partial charge in [0.15, 0.2) is 0 Å². The zero-order valence-electron chi connectivity index (χ0n) is 11.8. The van der Waals surface area contributed by atoms with Crippen molar-refractivity contribution in [3.63, 3.8) is 0 Å². The highest BCUT2D eigenvalue weighted by Gasteiger charge is 2.54. The minimum absolute atomic E-state index is 0.0200. The molecule has 0 aliphatic carbocycles. The molecule has 0 saturated carbocycles. The number of ether oxygens (including phenoxy) is 2. The molecule has 0 rings (SSSR count). The molecule has 0 saturated heterocycles. The smallest absolute Gasteiger partial charge is 0.394 e. The fourth-order valence-corrected chi connectivity index (χ4v) is 1.25. The molecule has 0 heterocycles. The summed E-state index contributed by atoms with van der Waals surface area (Å²) in [6.07, 6.45) is -10.8. The van der Waals surface area contributed by atoms with Gasteiger partial charge >= 0.3 is 24.0 Å². The van der Waals surface area contributed by atoms with E-state index >= 15 is 0 Å². The van der Waals surface area contributed by atoms with E-state index in [2.05, 4.69) is 16.1 Å². The van der Waals surface area contributed by atoms with Crippen molar-refractivity contribution in [3.8, 4) is 0 Å². The van der Waals surface area contributed by atoms with Crippen molar-refractivity contribution >= 4 is 11.9 Å². The van der Waals surface area contributed by atoms with Crippen LogP contribution in [0.4, 0.5) is 30.7 Å². The van der Waals surface area contributed by atoms with Gasteiger partial charge in [-0.2, -0.15) is 22.0 Å². The van der Waals surface area contributed by atoms with Gasteiger partial charge in [-0.3, -0.25) is 0 Å². The minimum Gasteiger partial charge on any atom is -0.459 e. The van der Waals surface area contributed by atoms with Gasteiger partial charge < -0.3 is 9.47 Å². The summed E-state index contributed by atoms with van der Waals surface area (Å²) in [6, 6.07) is 0. The summed E-state index contributed by atoms with van der Waals surface area (Å²) in [4.78, 5) is 21.8. The van der Waals surface area contributed by atoms with Crippen LogP contribution in [-0.4, -0.2) is 43.2 Å². The molecule has 0 bridgehead atoms. The Kier molecular flexibility index (Phi) is 7.04. The van der Waals surface area contributed by atoms with Crippen LogP contribution < -0.4 is 0 Å². The molecule has 0 aliphatic heterocycles. The third-order valence-corrected chi connectivity index (χ3v) is 2.14. The van der Waals surface area contributed by atoms with Gasteiger partial charge in [-0.25, -0.2) is 18.4 Å². The lowest BCUT2D eigenvalue weighted by Gasteiger charge is -2.22. The van der Waals surface area contributed by atoms with E-state index in [1.807, 2.05) is 0 Å². The van der Waals surface area contributed by atoms with Crippen LogP contribution in [0.15, 0.2) is 12.2 Å². The van der Waals surface area contributed by atoms with E-state index in [1.54, 1.807) is 0 Å². The summed E-state index contributed by atoms with van der Waals surface area (Å²) >= 11 is 0. The summed E-state index contributed by atoms with van der Waals surface area (Å²) in [5.41, 5.74) is -0.0200. The van der Waals surface area contributed by atoms with E-state index in [0.717, 1.165) is 0 Å². The van der Waals surface area contributed by atoms with Crippen molar-refractivity contribution in [1.29, 1.82) is 0 Å². The van der Waals surface area contributed by atoms with Gasteiger partial charge in [0.1, 0.15) is 19.6 Å². The minimum atomic E-state index is -5.37. The van der Waals surface area contributed by atoms with Crippen LogP contribution in [0, 0.1) is 0 Å². The molecule has 0 unspecified atom stereocenters. The SMILES string of the molecule is C=C(C)C(=O)OCCOC(=O)C(F)(F)CC(F)(F)CC(F)(F)F. The lowest BCUT2D eigenvalue weighted by Crippen LogP contribution is -2.40. The van der Waals surface area contributed by atoms with Crippen LogP contribution in [0.25, 0.3) is 0 Å². The van der Waals surface area contributed by atoms with E-state index < -0.39 is 56.0 Å². The molecule has 0 fully saturated rings. The van der Waals surface area contributed by atoms with Gasteiger partial charge in [-0.15, -0.1) is 0 Å². The zero-order valence-corrected chi connectivity index (χ0v) is 11.8. The fourth-order valence-electron chi connectivity index (χ4n) is 1.25. The molecule has 4 nitrogen and oxygen atoms in total. The predicted octanol–water partition coefficient (Wildman–Crippen LogP) is 3.26. The molecule has 0 spiro atoms. The predicted molar refractivity (Wildman–Crippen MR) is 61.9 cm³/mol. The third kappa shape index (κ3) is 9.04. The number of rotatable bonds is 8. The molecule has 0 aromatic rings. The van der Waals surface area contributed by atoms with Crippen LogP contribution in [0.2, 0.25) is 0 Å². The average Bonchev–Trinajstić information content (AvgIpc) is 2.28. The molecule has 0 aromatic carbocycles. The maximum atomic E-state index is 13.2. The Bertz CT molecular complexity index is 457. The maximum Gasteiger partial charge on any atom is 0.394 e. The molecule has 0 amide bonds. The van der Waals surface area contributed by atoms with E-state index in [-0.39, 0.29) is 5.57 Å². The first-order valence-corrected chi connectivity index (χ1v) is 5.98. The van der Waals surface area contributed by atoms with E-state index in [1.165, 1.54) is 6.92 Å². The molecule has 0 aliphatic rings. The lowest BCUT2D eigenvalue weighted by molar-refractivity contribution is -0.214. The van der Waals surface area contributed by atoms with Gasteiger partial charge in [0, 0.05) is 5.57 Å². The monoisotopic (exact) mass is 354 g/mol. The van der Waals surface area contributed by atoms with Crippen LogP contribution in [0.3, 0.4) is 0 Å². The van der Waals surface area contributed by atoms with Gasteiger partial charge in [0.2, 0.25) is 0 Å². The molecule has 0 atom stereocenters. The lowest BCUT2D eigenvalue weighted by atomic mass is 10.1. The molecule has 0 N–H and O–H groups in total. The Hall–Kier alpha value is -1.81. The third-order valence-electron chi connectivity index (χ3n) is 2.14. The van der Waals surface area contributed by atoms with E-state index in [4.69, 9.17) is 0 Å². The van der Waals surface area contributed by atoms with Gasteiger partial charge in [-0.05, 0) is 6.92 Å². The maximum absolute atomic E-state index is 13.2. The van der Waals surface area contributed by atoms with Gasteiger partial charge in [0.05, 0.1) is 6.42 Å². The second kappa shape index (κ2) is 7.64. The number of alkyl halides is 7. The van der Waals surface area contributed by atoms with Crippen LogP contribution >= 0.6 is 0 Å². The molecule has 0 radical (unpaired) electrons. The molecular formula is C12H13F7O4. The van der Waals surface area contributed by atoms with E-state index in [0.29, 0.717) is 0 Å². The Morgan fingerprint density at radius 3 is 1.83 bits per heavy atom. The van der Waals surface area contributed by atoms with Gasteiger partial charge in [0.25, 0.3) is 5.92 Å². The highest BCUT2D eigenvalue weighted by molar-refractivity contribution is 5.86. The topological polar surface area (TPSA) is 52.6 Å². The number of carbonyl (C=O) groups is 2. The summed E-state index contributed by atoms with van der Waals surface area (Å²) in [6.45, 7) is 2.96. The number of carbonyl (C=O) groups excluding carboxylic acids is 2. The number of halogens is 7. The Morgan fingerprint density at radius 1 is 0.913 bits per heavy atom. The molecule has 0 aromatic heterocycles. The quantitative estimate of drug-likeness (QED) is 0.291. The van der Waals surface area contributed by atoms with Crippen molar-refractivity contribution in [2.45, 2.75) is 37.8 Å². The summed E-state index contributed by atoms with van der Waals surface area (Å²) in [5, 5.41) is 0. The Morgan fingerprint density at radius 2 is 1.39 bits per heavy atom. The first kappa shape index (κ1) is 21.2. The summed E-state index contributed by atoms with van der Waals surface area (Å²) < 4.78 is 95.8. The number of hydrogen-bond acceptors (Lipinski definition) is 4. The van der Waals surface area contributed by atoms with E-state index in [9.17, 15) is 40.3 Å². The first-order valence-electron chi connectivity index (χ1n) is 5.98. The number of esters is 2. The van der Waals surface area contributed by atoms with Crippen molar-refractivity contribution in [3.05, 3.63) is 12.2 Å².